The van der Waals surface area contributed by atoms with E-state index in [0.717, 1.165) is 12.1 Å². The van der Waals surface area contributed by atoms with Crippen molar-refractivity contribution in [1.29, 1.82) is 0 Å². The first-order chi connectivity index (χ1) is 12.5. The van der Waals surface area contributed by atoms with Gasteiger partial charge >= 0.3 is 6.18 Å². The predicted molar refractivity (Wildman–Crippen MR) is 93.1 cm³/mol. The van der Waals surface area contributed by atoms with Crippen LogP contribution >= 0.6 is 0 Å². The second kappa shape index (κ2) is 6.82. The Morgan fingerprint density at radius 3 is 2.52 bits per heavy atom. The van der Waals surface area contributed by atoms with Gasteiger partial charge in [0, 0.05) is 11.6 Å². The average Bonchev–Trinajstić information content (AvgIpc) is 2.99. The molecule has 0 saturated carbocycles. The molecular formula is C19H23F3N2O3. The molecule has 2 saturated heterocycles. The average molecular weight is 384 g/mol. The Balaban J connectivity index is 1.58. The Bertz CT molecular complexity index is 755. The van der Waals surface area contributed by atoms with Gasteiger partial charge in [-0.3, -0.25) is 9.59 Å². The van der Waals surface area contributed by atoms with E-state index in [1.165, 1.54) is 13.0 Å². The summed E-state index contributed by atoms with van der Waals surface area (Å²) in [6.45, 7) is 6.15. The lowest BCUT2D eigenvalue weighted by Crippen LogP contribution is -2.64. The summed E-state index contributed by atoms with van der Waals surface area (Å²) in [6.07, 6.45) is -3.88. The van der Waals surface area contributed by atoms with Gasteiger partial charge in [0.2, 0.25) is 5.91 Å². The number of ether oxygens (including phenoxy) is 1. The molecule has 2 heterocycles. The third kappa shape index (κ3) is 3.95. The van der Waals surface area contributed by atoms with Crippen LogP contribution in [0, 0.1) is 12.8 Å². The Labute approximate surface area is 155 Å². The van der Waals surface area contributed by atoms with Gasteiger partial charge < -0.3 is 15.0 Å². The first kappa shape index (κ1) is 19.7. The quantitative estimate of drug-likeness (QED) is 0.869. The van der Waals surface area contributed by atoms with Crippen LogP contribution in [0.2, 0.25) is 0 Å². The summed E-state index contributed by atoms with van der Waals surface area (Å²) >= 11 is 0. The Morgan fingerprint density at radius 2 is 1.96 bits per heavy atom. The lowest BCUT2D eigenvalue weighted by atomic mass is 9.89. The van der Waals surface area contributed by atoms with Crippen molar-refractivity contribution in [1.82, 2.24) is 4.90 Å². The SMILES string of the molecule is Cc1cc(C(F)(F)F)ccc1NC(=O)C1CCC2(CN(C(=O)C(C)C)C2)O1. The minimum atomic E-state index is -4.42. The minimum Gasteiger partial charge on any atom is -0.358 e. The van der Waals surface area contributed by atoms with Crippen molar-refractivity contribution in [2.75, 3.05) is 18.4 Å². The lowest BCUT2D eigenvalue weighted by molar-refractivity contribution is -0.170. The van der Waals surface area contributed by atoms with Gasteiger partial charge in [-0.15, -0.1) is 0 Å². The second-order valence-electron chi connectivity index (χ2n) is 7.69. The maximum absolute atomic E-state index is 12.7. The number of nitrogens with one attached hydrogen (secondary N) is 1. The maximum Gasteiger partial charge on any atom is 0.416 e. The van der Waals surface area contributed by atoms with Crippen LogP contribution in [-0.4, -0.2) is 41.5 Å². The van der Waals surface area contributed by atoms with Crippen molar-refractivity contribution in [2.24, 2.45) is 5.92 Å². The van der Waals surface area contributed by atoms with Crippen LogP contribution in [0.5, 0.6) is 0 Å². The van der Waals surface area contributed by atoms with Crippen molar-refractivity contribution in [3.05, 3.63) is 29.3 Å². The normalized spacial score (nSPS) is 21.4. The van der Waals surface area contributed by atoms with Crippen LogP contribution in [-0.2, 0) is 20.5 Å². The Kier molecular flexibility index (Phi) is 4.96. The van der Waals surface area contributed by atoms with Gasteiger partial charge in [-0.25, -0.2) is 0 Å². The molecule has 2 aliphatic heterocycles. The van der Waals surface area contributed by atoms with Crippen molar-refractivity contribution >= 4 is 17.5 Å². The highest BCUT2D eigenvalue weighted by atomic mass is 19.4. The smallest absolute Gasteiger partial charge is 0.358 e. The van der Waals surface area contributed by atoms with E-state index >= 15 is 0 Å². The Hall–Kier alpha value is -2.09. The highest BCUT2D eigenvalue weighted by Gasteiger charge is 2.52. The number of hydrogen-bond donors (Lipinski definition) is 1. The molecule has 2 fully saturated rings. The van der Waals surface area contributed by atoms with Gasteiger partial charge in [0.25, 0.3) is 5.91 Å². The molecule has 1 N–H and O–H groups in total. The molecule has 8 heteroatoms. The third-order valence-corrected chi connectivity index (χ3v) is 5.12. The number of carbonyl (C=O) groups excluding carboxylic acids is 2. The van der Waals surface area contributed by atoms with E-state index in [4.69, 9.17) is 4.74 Å². The number of carbonyl (C=O) groups is 2. The molecule has 3 rings (SSSR count). The molecule has 1 atom stereocenters. The molecule has 2 aliphatic rings. The fraction of sp³-hybridized carbons (Fsp3) is 0.579. The molecule has 2 amide bonds. The van der Waals surface area contributed by atoms with Crippen molar-refractivity contribution < 1.29 is 27.5 Å². The molecule has 0 aliphatic carbocycles. The summed E-state index contributed by atoms with van der Waals surface area (Å²) in [5, 5.41) is 2.66. The fourth-order valence-electron chi connectivity index (χ4n) is 3.59. The highest BCUT2D eigenvalue weighted by molar-refractivity contribution is 5.95. The number of halogens is 3. The van der Waals surface area contributed by atoms with Gasteiger partial charge in [0.1, 0.15) is 11.7 Å². The first-order valence-electron chi connectivity index (χ1n) is 8.96. The molecule has 0 bridgehead atoms. The van der Waals surface area contributed by atoms with Crippen molar-refractivity contribution in [3.8, 4) is 0 Å². The number of nitrogens with zero attached hydrogens (tertiary/aromatic N) is 1. The monoisotopic (exact) mass is 384 g/mol. The number of likely N-dealkylation sites (tertiary alicyclic amines) is 1. The minimum absolute atomic E-state index is 0.0671. The number of anilines is 1. The maximum atomic E-state index is 12.7. The zero-order chi connectivity index (χ0) is 20.0. The molecule has 1 unspecified atom stereocenters. The number of aryl methyl sites for hydroxylation is 1. The molecule has 148 valence electrons. The van der Waals surface area contributed by atoms with Crippen LogP contribution in [0.15, 0.2) is 18.2 Å². The molecular weight excluding hydrogens is 361 g/mol. The largest absolute Gasteiger partial charge is 0.416 e. The van der Waals surface area contributed by atoms with Crippen LogP contribution < -0.4 is 5.32 Å². The summed E-state index contributed by atoms with van der Waals surface area (Å²) in [4.78, 5) is 26.2. The van der Waals surface area contributed by atoms with E-state index in [1.807, 2.05) is 13.8 Å². The summed E-state index contributed by atoms with van der Waals surface area (Å²) in [7, 11) is 0. The number of benzene rings is 1. The van der Waals surface area contributed by atoms with E-state index in [-0.39, 0.29) is 17.7 Å². The van der Waals surface area contributed by atoms with Gasteiger partial charge in [0.15, 0.2) is 0 Å². The Morgan fingerprint density at radius 1 is 1.30 bits per heavy atom. The molecule has 27 heavy (non-hydrogen) atoms. The summed E-state index contributed by atoms with van der Waals surface area (Å²) in [5.41, 5.74) is -0.550. The van der Waals surface area contributed by atoms with E-state index in [2.05, 4.69) is 5.32 Å². The molecule has 0 aromatic heterocycles. The highest BCUT2D eigenvalue weighted by Crippen LogP contribution is 2.39. The van der Waals surface area contributed by atoms with Crippen LogP contribution in [0.1, 0.15) is 37.8 Å². The van der Waals surface area contributed by atoms with Crippen LogP contribution in [0.4, 0.5) is 18.9 Å². The number of alkyl halides is 3. The number of amides is 2. The summed E-state index contributed by atoms with van der Waals surface area (Å²) < 4.78 is 44.1. The fourth-order valence-corrected chi connectivity index (χ4v) is 3.59. The lowest BCUT2D eigenvalue weighted by Gasteiger charge is -2.48. The van der Waals surface area contributed by atoms with Crippen LogP contribution in [0.3, 0.4) is 0 Å². The van der Waals surface area contributed by atoms with E-state index < -0.39 is 23.4 Å². The number of hydrogen-bond acceptors (Lipinski definition) is 3. The predicted octanol–water partition coefficient (Wildman–Crippen LogP) is 3.37. The van der Waals surface area contributed by atoms with Gasteiger partial charge in [0.05, 0.1) is 18.7 Å². The molecule has 1 aromatic rings. The first-order valence-corrected chi connectivity index (χ1v) is 8.96. The van der Waals surface area contributed by atoms with E-state index in [1.54, 1.807) is 4.90 Å². The van der Waals surface area contributed by atoms with Crippen molar-refractivity contribution in [2.45, 2.75) is 51.5 Å². The third-order valence-electron chi connectivity index (χ3n) is 5.12. The molecule has 0 radical (unpaired) electrons. The van der Waals surface area contributed by atoms with Crippen molar-refractivity contribution in [3.63, 3.8) is 0 Å². The van der Waals surface area contributed by atoms with E-state index in [9.17, 15) is 22.8 Å². The van der Waals surface area contributed by atoms with E-state index in [0.29, 0.717) is 37.2 Å². The zero-order valence-corrected chi connectivity index (χ0v) is 15.5. The van der Waals surface area contributed by atoms with Gasteiger partial charge in [-0.2, -0.15) is 13.2 Å². The molecule has 1 aromatic carbocycles. The molecule has 5 nitrogen and oxygen atoms in total. The van der Waals surface area contributed by atoms with Gasteiger partial charge in [-0.1, -0.05) is 13.8 Å². The summed E-state index contributed by atoms with van der Waals surface area (Å²) in [5.74, 6) is -0.383. The molecule has 1 spiro atoms. The summed E-state index contributed by atoms with van der Waals surface area (Å²) in [6, 6.07) is 3.21. The van der Waals surface area contributed by atoms with Gasteiger partial charge in [-0.05, 0) is 43.5 Å². The number of rotatable bonds is 3. The van der Waals surface area contributed by atoms with Crippen LogP contribution in [0.25, 0.3) is 0 Å². The zero-order valence-electron chi connectivity index (χ0n) is 15.5. The standard InChI is InChI=1S/C19H23F3N2O3/c1-11(2)17(26)24-9-18(10-24)7-6-15(27-18)16(25)23-14-5-4-13(8-12(14)3)19(20,21)22/h4-5,8,11,15H,6-7,9-10H2,1-3H3,(H,23,25). The second-order valence-corrected chi connectivity index (χ2v) is 7.69. The topological polar surface area (TPSA) is 58.6 Å².